The fraction of sp³-hybridized carbons (Fsp3) is 1.00. The first-order valence-corrected chi connectivity index (χ1v) is 9.04. The summed E-state index contributed by atoms with van der Waals surface area (Å²) in [4.78, 5) is 0. The molecule has 0 aromatic carbocycles. The molecule has 0 saturated carbocycles. The van der Waals surface area contributed by atoms with Crippen molar-refractivity contribution in [2.45, 2.75) is 85.4 Å². The zero-order chi connectivity index (χ0) is 14.7. The Labute approximate surface area is 118 Å². The van der Waals surface area contributed by atoms with Crippen LogP contribution in [0.2, 0.25) is 0 Å². The molecule has 0 fully saturated rings. The lowest BCUT2D eigenvalue weighted by atomic mass is 10.2. The molecule has 0 amide bonds. The van der Waals surface area contributed by atoms with Crippen LogP contribution in [0.4, 0.5) is 0 Å². The Balaban J connectivity index is 4.35. The molecule has 0 radical (unpaired) electrons. The molecular weight excluding hydrogens is 263 g/mol. The summed E-state index contributed by atoms with van der Waals surface area (Å²) in [6, 6.07) is 0. The highest BCUT2D eigenvalue weighted by Crippen LogP contribution is 2.52. The summed E-state index contributed by atoms with van der Waals surface area (Å²) >= 11 is 0. The van der Waals surface area contributed by atoms with E-state index in [-0.39, 0.29) is 12.2 Å². The van der Waals surface area contributed by atoms with Gasteiger partial charge in [0.15, 0.2) is 0 Å². The van der Waals surface area contributed by atoms with Crippen LogP contribution in [0, 0.1) is 0 Å². The molecule has 0 aliphatic rings. The normalized spacial score (nSPS) is 17.9. The Morgan fingerprint density at radius 3 is 1.63 bits per heavy atom. The van der Waals surface area contributed by atoms with Crippen molar-refractivity contribution < 1.29 is 18.1 Å². The molecular formula is C14H31O4P. The van der Waals surface area contributed by atoms with Crippen LogP contribution in [-0.2, 0) is 18.1 Å². The first kappa shape index (κ1) is 19.1. The fourth-order valence-electron chi connectivity index (χ4n) is 1.77. The Morgan fingerprint density at radius 1 is 0.895 bits per heavy atom. The lowest BCUT2D eigenvalue weighted by Crippen LogP contribution is -2.14. The van der Waals surface area contributed by atoms with Gasteiger partial charge in [-0.1, -0.05) is 39.5 Å². The average Bonchev–Trinajstić information content (AvgIpc) is 2.33. The minimum Gasteiger partial charge on any atom is -0.287 e. The lowest BCUT2D eigenvalue weighted by molar-refractivity contribution is 0.0585. The predicted molar refractivity (Wildman–Crippen MR) is 79.4 cm³/mol. The van der Waals surface area contributed by atoms with Crippen LogP contribution in [0.25, 0.3) is 0 Å². The van der Waals surface area contributed by atoms with E-state index < -0.39 is 7.82 Å². The van der Waals surface area contributed by atoms with Crippen LogP contribution >= 0.6 is 7.82 Å². The molecule has 0 N–H and O–H groups in total. The number of phosphoric acid groups is 1. The number of hydrogen-bond acceptors (Lipinski definition) is 4. The summed E-state index contributed by atoms with van der Waals surface area (Å²) in [7, 11) is -3.41. The average molecular weight is 294 g/mol. The van der Waals surface area contributed by atoms with Crippen molar-refractivity contribution in [3.8, 4) is 0 Å². The van der Waals surface area contributed by atoms with E-state index >= 15 is 0 Å². The molecule has 0 aromatic rings. The molecule has 0 rings (SSSR count). The predicted octanol–water partition coefficient (Wildman–Crippen LogP) is 5.32. The molecule has 2 unspecified atom stereocenters. The van der Waals surface area contributed by atoms with Gasteiger partial charge in [0.25, 0.3) is 0 Å². The van der Waals surface area contributed by atoms with Gasteiger partial charge in [0, 0.05) is 0 Å². The second-order valence-electron chi connectivity index (χ2n) is 4.98. The molecule has 0 aromatic heterocycles. The van der Waals surface area contributed by atoms with Crippen molar-refractivity contribution in [3.05, 3.63) is 0 Å². The van der Waals surface area contributed by atoms with Crippen molar-refractivity contribution in [1.29, 1.82) is 0 Å². The zero-order valence-electron chi connectivity index (χ0n) is 13.2. The first-order valence-electron chi connectivity index (χ1n) is 7.58. The summed E-state index contributed by atoms with van der Waals surface area (Å²) in [6.45, 7) is 10.2. The van der Waals surface area contributed by atoms with Gasteiger partial charge in [0.1, 0.15) is 0 Å². The molecule has 116 valence electrons. The van der Waals surface area contributed by atoms with Gasteiger partial charge in [-0.15, -0.1) is 0 Å². The van der Waals surface area contributed by atoms with Crippen LogP contribution in [0.5, 0.6) is 0 Å². The van der Waals surface area contributed by atoms with E-state index in [1.807, 2.05) is 13.8 Å². The third-order valence-corrected chi connectivity index (χ3v) is 4.64. The van der Waals surface area contributed by atoms with Crippen molar-refractivity contribution in [3.63, 3.8) is 0 Å². The minimum atomic E-state index is -3.41. The quantitative estimate of drug-likeness (QED) is 0.457. The third-order valence-electron chi connectivity index (χ3n) is 2.83. The zero-order valence-corrected chi connectivity index (χ0v) is 14.1. The number of phosphoric ester groups is 1. The molecule has 0 saturated heterocycles. The largest absolute Gasteiger partial charge is 0.475 e. The topological polar surface area (TPSA) is 44.8 Å². The molecule has 0 bridgehead atoms. The van der Waals surface area contributed by atoms with Crippen LogP contribution in [-0.4, -0.2) is 18.8 Å². The van der Waals surface area contributed by atoms with Gasteiger partial charge >= 0.3 is 7.82 Å². The summed E-state index contributed by atoms with van der Waals surface area (Å²) in [6.07, 6.45) is 5.85. The minimum absolute atomic E-state index is 0.101. The van der Waals surface area contributed by atoms with E-state index in [0.29, 0.717) is 6.61 Å². The first-order chi connectivity index (χ1) is 8.97. The maximum absolute atomic E-state index is 12.5. The van der Waals surface area contributed by atoms with E-state index in [9.17, 15) is 4.57 Å². The Morgan fingerprint density at radius 2 is 1.32 bits per heavy atom. The van der Waals surface area contributed by atoms with Crippen molar-refractivity contribution >= 4 is 7.82 Å². The highest BCUT2D eigenvalue weighted by Gasteiger charge is 2.30. The molecule has 0 spiro atoms. The molecule has 5 heteroatoms. The van der Waals surface area contributed by atoms with Gasteiger partial charge in [-0.2, -0.15) is 0 Å². The van der Waals surface area contributed by atoms with Gasteiger partial charge < -0.3 is 0 Å². The van der Waals surface area contributed by atoms with Gasteiger partial charge in [-0.05, 0) is 33.6 Å². The monoisotopic (exact) mass is 294 g/mol. The highest BCUT2D eigenvalue weighted by atomic mass is 31.2. The Bertz CT molecular complexity index is 238. The van der Waals surface area contributed by atoms with Crippen LogP contribution in [0.15, 0.2) is 0 Å². The van der Waals surface area contributed by atoms with E-state index in [4.69, 9.17) is 13.6 Å². The van der Waals surface area contributed by atoms with E-state index in [2.05, 4.69) is 13.8 Å². The Kier molecular flexibility index (Phi) is 10.9. The molecule has 0 heterocycles. The van der Waals surface area contributed by atoms with Gasteiger partial charge in [0.05, 0.1) is 18.8 Å². The molecule has 0 aliphatic heterocycles. The maximum atomic E-state index is 12.5. The highest BCUT2D eigenvalue weighted by molar-refractivity contribution is 7.48. The standard InChI is InChI=1S/C14H31O4P/c1-6-9-11-13(4)17-19(15,16-8-3)18-14(5)12-10-7-2/h13-14H,6-12H2,1-5H3. The Hall–Kier alpha value is 0.110. The third kappa shape index (κ3) is 9.61. The van der Waals surface area contributed by atoms with Gasteiger partial charge in [-0.25, -0.2) is 4.57 Å². The van der Waals surface area contributed by atoms with Gasteiger partial charge in [0.2, 0.25) is 0 Å². The van der Waals surface area contributed by atoms with Crippen LogP contribution < -0.4 is 0 Å². The SMILES string of the molecule is CCCCC(C)OP(=O)(OCC)OC(C)CCCC. The second kappa shape index (κ2) is 10.8. The van der Waals surface area contributed by atoms with Crippen molar-refractivity contribution in [2.75, 3.05) is 6.61 Å². The lowest BCUT2D eigenvalue weighted by Gasteiger charge is -2.24. The van der Waals surface area contributed by atoms with Gasteiger partial charge in [-0.3, -0.25) is 13.6 Å². The second-order valence-corrected chi connectivity index (χ2v) is 6.56. The van der Waals surface area contributed by atoms with E-state index in [1.165, 1.54) is 0 Å². The number of rotatable bonds is 12. The molecule has 0 aliphatic carbocycles. The number of hydrogen-bond donors (Lipinski definition) is 0. The molecule has 4 nitrogen and oxygen atoms in total. The molecule has 2 atom stereocenters. The molecule has 19 heavy (non-hydrogen) atoms. The van der Waals surface area contributed by atoms with E-state index in [1.54, 1.807) is 6.92 Å². The summed E-state index contributed by atoms with van der Waals surface area (Å²) in [5, 5.41) is 0. The summed E-state index contributed by atoms with van der Waals surface area (Å²) in [5.41, 5.74) is 0. The van der Waals surface area contributed by atoms with Crippen molar-refractivity contribution in [2.24, 2.45) is 0 Å². The summed E-state index contributed by atoms with van der Waals surface area (Å²) in [5.74, 6) is 0. The van der Waals surface area contributed by atoms with E-state index in [0.717, 1.165) is 38.5 Å². The fourth-order valence-corrected chi connectivity index (χ4v) is 3.35. The van der Waals surface area contributed by atoms with Crippen molar-refractivity contribution in [1.82, 2.24) is 0 Å². The summed E-state index contributed by atoms with van der Waals surface area (Å²) < 4.78 is 28.8. The van der Waals surface area contributed by atoms with Crippen LogP contribution in [0.3, 0.4) is 0 Å². The smallest absolute Gasteiger partial charge is 0.287 e. The maximum Gasteiger partial charge on any atom is 0.475 e. The van der Waals surface area contributed by atoms with Crippen LogP contribution in [0.1, 0.15) is 73.1 Å². The number of unbranched alkanes of at least 4 members (excludes halogenated alkanes) is 2.